The first-order chi connectivity index (χ1) is 18.9. The standard InChI is InChI=1S/C27H23Cl2N3O7S/c1-16-24(25(33)32(31(16)2)19-7-5-4-6-8-19)30-40(36,37)23-13-20(21(28)14-22(23)29)27(35)39-15-17-9-11-18(12-10-17)26(34)38-3/h4-14,30H,15H2,1-3H3. The summed E-state index contributed by atoms with van der Waals surface area (Å²) >= 11 is 12.4. The molecule has 0 saturated carbocycles. The number of esters is 2. The predicted molar refractivity (Wildman–Crippen MR) is 150 cm³/mol. The summed E-state index contributed by atoms with van der Waals surface area (Å²) in [7, 11) is -1.57. The van der Waals surface area contributed by atoms with Gasteiger partial charge in [0.2, 0.25) is 0 Å². The molecule has 0 amide bonds. The summed E-state index contributed by atoms with van der Waals surface area (Å²) in [5.74, 6) is -1.42. The van der Waals surface area contributed by atoms with Crippen molar-refractivity contribution in [3.8, 4) is 5.69 Å². The number of ether oxygens (including phenoxy) is 2. The number of hydrogen-bond acceptors (Lipinski definition) is 7. The first kappa shape index (κ1) is 28.9. The molecule has 40 heavy (non-hydrogen) atoms. The van der Waals surface area contributed by atoms with E-state index >= 15 is 0 Å². The van der Waals surface area contributed by atoms with E-state index in [9.17, 15) is 22.8 Å². The average Bonchev–Trinajstić information content (AvgIpc) is 3.14. The molecule has 0 aliphatic rings. The molecule has 1 aromatic heterocycles. The quantitative estimate of drug-likeness (QED) is 0.288. The molecule has 0 bridgehead atoms. The number of halogens is 2. The minimum atomic E-state index is -4.45. The molecule has 1 heterocycles. The molecule has 0 unspecified atom stereocenters. The number of carbonyl (C=O) groups excluding carboxylic acids is 2. The first-order valence-electron chi connectivity index (χ1n) is 11.6. The number of nitrogens with zero attached hydrogens (tertiary/aromatic N) is 2. The second-order valence-corrected chi connectivity index (χ2v) is 11.0. The summed E-state index contributed by atoms with van der Waals surface area (Å²) in [5, 5.41) is -0.387. The lowest BCUT2D eigenvalue weighted by molar-refractivity contribution is 0.0471. The van der Waals surface area contributed by atoms with Crippen LogP contribution in [0.2, 0.25) is 10.0 Å². The molecule has 208 valence electrons. The minimum Gasteiger partial charge on any atom is -0.465 e. The van der Waals surface area contributed by atoms with Crippen LogP contribution in [0.4, 0.5) is 5.69 Å². The summed E-state index contributed by atoms with van der Waals surface area (Å²) in [6, 6.07) is 17.0. The van der Waals surface area contributed by atoms with Gasteiger partial charge in [-0.25, -0.2) is 22.7 Å². The maximum absolute atomic E-state index is 13.4. The Kier molecular flexibility index (Phi) is 8.38. The van der Waals surface area contributed by atoms with Gasteiger partial charge in [0.25, 0.3) is 15.6 Å². The van der Waals surface area contributed by atoms with E-state index in [1.807, 2.05) is 0 Å². The van der Waals surface area contributed by atoms with E-state index in [0.717, 1.165) is 12.1 Å². The van der Waals surface area contributed by atoms with Gasteiger partial charge < -0.3 is 9.47 Å². The molecule has 3 aromatic carbocycles. The molecule has 0 saturated heterocycles. The van der Waals surface area contributed by atoms with Crippen LogP contribution >= 0.6 is 23.2 Å². The highest BCUT2D eigenvalue weighted by Crippen LogP contribution is 2.31. The lowest BCUT2D eigenvalue weighted by Crippen LogP contribution is -2.23. The number of methoxy groups -OCH3 is 1. The van der Waals surface area contributed by atoms with Crippen molar-refractivity contribution in [1.29, 1.82) is 0 Å². The summed E-state index contributed by atoms with van der Waals surface area (Å²) in [6.45, 7) is 1.41. The number of carbonyl (C=O) groups is 2. The third kappa shape index (κ3) is 5.76. The molecular weight excluding hydrogens is 581 g/mol. The Morgan fingerprint density at radius 2 is 1.60 bits per heavy atom. The predicted octanol–water partition coefficient (Wildman–Crippen LogP) is 4.74. The van der Waals surface area contributed by atoms with Gasteiger partial charge in [-0.05, 0) is 48.9 Å². The van der Waals surface area contributed by atoms with Crippen LogP contribution in [0.15, 0.2) is 76.4 Å². The second-order valence-electron chi connectivity index (χ2n) is 8.57. The van der Waals surface area contributed by atoms with E-state index in [1.54, 1.807) is 56.4 Å². The Labute approximate surface area is 239 Å². The van der Waals surface area contributed by atoms with Crippen molar-refractivity contribution in [3.63, 3.8) is 0 Å². The van der Waals surface area contributed by atoms with Gasteiger partial charge in [-0.2, -0.15) is 0 Å². The SMILES string of the molecule is COC(=O)c1ccc(COC(=O)c2cc(S(=O)(=O)Nc3c(C)n(C)n(-c4ccccc4)c3=O)c(Cl)cc2Cl)cc1. The third-order valence-electron chi connectivity index (χ3n) is 6.07. The molecule has 10 nitrogen and oxygen atoms in total. The topological polar surface area (TPSA) is 126 Å². The van der Waals surface area contributed by atoms with Crippen molar-refractivity contribution >= 4 is 50.9 Å². The fourth-order valence-corrected chi connectivity index (χ4v) is 5.82. The van der Waals surface area contributed by atoms with Gasteiger partial charge >= 0.3 is 11.9 Å². The second kappa shape index (κ2) is 11.6. The van der Waals surface area contributed by atoms with Crippen molar-refractivity contribution < 1.29 is 27.5 Å². The van der Waals surface area contributed by atoms with Crippen LogP contribution in [-0.2, 0) is 33.2 Å². The molecule has 13 heteroatoms. The average molecular weight is 604 g/mol. The number of para-hydroxylation sites is 1. The van der Waals surface area contributed by atoms with Crippen LogP contribution in [-0.4, -0.2) is 36.8 Å². The Morgan fingerprint density at radius 3 is 2.23 bits per heavy atom. The van der Waals surface area contributed by atoms with E-state index in [0.29, 0.717) is 22.5 Å². The number of hydrogen-bond donors (Lipinski definition) is 1. The van der Waals surface area contributed by atoms with E-state index < -0.39 is 32.4 Å². The lowest BCUT2D eigenvalue weighted by Gasteiger charge is -2.12. The molecule has 4 aromatic rings. The monoisotopic (exact) mass is 603 g/mol. The zero-order valence-electron chi connectivity index (χ0n) is 21.5. The van der Waals surface area contributed by atoms with E-state index in [4.69, 9.17) is 27.9 Å². The number of benzene rings is 3. The van der Waals surface area contributed by atoms with E-state index in [2.05, 4.69) is 9.46 Å². The zero-order valence-corrected chi connectivity index (χ0v) is 23.8. The van der Waals surface area contributed by atoms with E-state index in [1.165, 1.54) is 28.6 Å². The van der Waals surface area contributed by atoms with Crippen molar-refractivity contribution in [3.05, 3.63) is 110 Å². The highest BCUT2D eigenvalue weighted by Gasteiger charge is 2.27. The fraction of sp³-hybridized carbons (Fsp3) is 0.148. The summed E-state index contributed by atoms with van der Waals surface area (Å²) in [6.07, 6.45) is 0. The van der Waals surface area contributed by atoms with Gasteiger partial charge in [0.1, 0.15) is 17.2 Å². The van der Waals surface area contributed by atoms with Crippen molar-refractivity contribution in [2.45, 2.75) is 18.4 Å². The van der Waals surface area contributed by atoms with E-state index in [-0.39, 0.29) is 27.9 Å². The molecular formula is C27H23Cl2N3O7S. The summed E-state index contributed by atoms with van der Waals surface area (Å²) < 4.78 is 41.8. The largest absolute Gasteiger partial charge is 0.465 e. The molecule has 0 spiro atoms. The van der Waals surface area contributed by atoms with Crippen LogP contribution in [0, 0.1) is 6.92 Å². The van der Waals surface area contributed by atoms with Crippen LogP contribution in [0.5, 0.6) is 0 Å². The molecule has 0 aliphatic heterocycles. The normalized spacial score (nSPS) is 11.2. The van der Waals surface area contributed by atoms with Crippen LogP contribution in [0.1, 0.15) is 32.0 Å². The Balaban J connectivity index is 1.60. The van der Waals surface area contributed by atoms with Crippen molar-refractivity contribution in [2.24, 2.45) is 7.05 Å². The molecule has 0 radical (unpaired) electrons. The van der Waals surface area contributed by atoms with Crippen molar-refractivity contribution in [1.82, 2.24) is 9.36 Å². The highest BCUT2D eigenvalue weighted by atomic mass is 35.5. The van der Waals surface area contributed by atoms with Gasteiger partial charge in [0.15, 0.2) is 0 Å². The Morgan fingerprint density at radius 1 is 0.950 bits per heavy atom. The van der Waals surface area contributed by atoms with Gasteiger partial charge in [-0.15, -0.1) is 0 Å². The van der Waals surface area contributed by atoms with Crippen LogP contribution in [0.25, 0.3) is 5.69 Å². The van der Waals surface area contributed by atoms with Crippen LogP contribution < -0.4 is 10.3 Å². The van der Waals surface area contributed by atoms with Gasteiger partial charge in [0.05, 0.1) is 39.7 Å². The summed E-state index contributed by atoms with van der Waals surface area (Å²) in [4.78, 5) is 37.1. The number of nitrogens with one attached hydrogen (secondary N) is 1. The minimum absolute atomic E-state index is 0.127. The maximum Gasteiger partial charge on any atom is 0.340 e. The summed E-state index contributed by atoms with van der Waals surface area (Å²) in [5.41, 5.74) is 0.747. The Bertz CT molecular complexity index is 1760. The van der Waals surface area contributed by atoms with Gasteiger partial charge in [-0.1, -0.05) is 53.5 Å². The molecule has 0 fully saturated rings. The maximum atomic E-state index is 13.4. The molecule has 0 atom stereocenters. The zero-order chi connectivity index (χ0) is 29.2. The highest BCUT2D eigenvalue weighted by molar-refractivity contribution is 7.92. The Hall–Kier alpha value is -4.06. The van der Waals surface area contributed by atoms with Crippen LogP contribution in [0.3, 0.4) is 0 Å². The smallest absolute Gasteiger partial charge is 0.340 e. The fourth-order valence-electron chi connectivity index (χ4n) is 3.85. The number of sulfonamides is 1. The van der Waals surface area contributed by atoms with Crippen molar-refractivity contribution in [2.75, 3.05) is 11.8 Å². The molecule has 1 N–H and O–H groups in total. The number of rotatable bonds is 8. The third-order valence-corrected chi connectivity index (χ3v) is 8.19. The lowest BCUT2D eigenvalue weighted by atomic mass is 10.1. The van der Waals surface area contributed by atoms with Gasteiger partial charge in [0, 0.05) is 7.05 Å². The molecule has 0 aliphatic carbocycles. The number of aromatic nitrogens is 2. The molecule has 4 rings (SSSR count). The number of anilines is 1. The first-order valence-corrected chi connectivity index (χ1v) is 13.9. The van der Waals surface area contributed by atoms with Gasteiger partial charge in [-0.3, -0.25) is 14.2 Å².